The molecule has 1 fully saturated rings. The van der Waals surface area contributed by atoms with Gasteiger partial charge in [0.1, 0.15) is 0 Å². The van der Waals surface area contributed by atoms with E-state index in [9.17, 15) is 0 Å². The number of rotatable bonds is 3. The highest BCUT2D eigenvalue weighted by atomic mass is 15.4. The zero-order valence-corrected chi connectivity index (χ0v) is 7.58. The van der Waals surface area contributed by atoms with Crippen molar-refractivity contribution in [2.24, 2.45) is 0 Å². The van der Waals surface area contributed by atoms with Crippen LogP contribution in [0.2, 0.25) is 0 Å². The lowest BCUT2D eigenvalue weighted by Crippen LogP contribution is -2.35. The fraction of sp³-hybridized carbons (Fsp3) is 0.778. The first-order valence-electron chi connectivity index (χ1n) is 4.38. The lowest BCUT2D eigenvalue weighted by Gasteiger charge is -2.24. The molecule has 64 valence electrons. The Morgan fingerprint density at radius 1 is 1.45 bits per heavy atom. The minimum absolute atomic E-state index is 0.609. The molecule has 1 saturated heterocycles. The van der Waals surface area contributed by atoms with E-state index in [1.165, 1.54) is 13.1 Å². The van der Waals surface area contributed by atoms with Gasteiger partial charge >= 0.3 is 0 Å². The van der Waals surface area contributed by atoms with Crippen LogP contribution in [0.3, 0.4) is 0 Å². The molecule has 1 aliphatic heterocycles. The molecule has 0 aromatic heterocycles. The van der Waals surface area contributed by atoms with E-state index < -0.39 is 0 Å². The molecule has 1 heterocycles. The van der Waals surface area contributed by atoms with Crippen LogP contribution in [0.15, 0.2) is 12.7 Å². The van der Waals surface area contributed by atoms with E-state index >= 15 is 0 Å². The zero-order valence-electron chi connectivity index (χ0n) is 7.58. The molecule has 1 aliphatic rings. The Morgan fingerprint density at radius 3 is 2.55 bits per heavy atom. The molecular formula is C9H18N2. The highest BCUT2D eigenvalue weighted by molar-refractivity contribution is 4.83. The lowest BCUT2D eigenvalue weighted by molar-refractivity contribution is 0.171. The van der Waals surface area contributed by atoms with Gasteiger partial charge in [0, 0.05) is 19.6 Å². The Balaban J connectivity index is 2.41. The first-order valence-corrected chi connectivity index (χ1v) is 4.38. The van der Waals surface area contributed by atoms with Crippen molar-refractivity contribution in [3.05, 3.63) is 12.7 Å². The van der Waals surface area contributed by atoms with Crippen molar-refractivity contribution < 1.29 is 0 Å². The Labute approximate surface area is 69.5 Å². The second kappa shape index (κ2) is 3.88. The molecule has 0 N–H and O–H groups in total. The number of likely N-dealkylation sites (N-methyl/N-ethyl adjacent to an activating group) is 1. The summed E-state index contributed by atoms with van der Waals surface area (Å²) in [6, 6.07) is 0. The largest absolute Gasteiger partial charge is 0.287 e. The molecule has 0 saturated carbocycles. The van der Waals surface area contributed by atoms with Gasteiger partial charge in [-0.3, -0.25) is 9.80 Å². The van der Waals surface area contributed by atoms with E-state index in [0.29, 0.717) is 6.17 Å². The molecule has 0 radical (unpaired) electrons. The van der Waals surface area contributed by atoms with Gasteiger partial charge in [0.05, 0.1) is 6.17 Å². The molecule has 1 unspecified atom stereocenters. The second-order valence-corrected chi connectivity index (χ2v) is 3.04. The lowest BCUT2D eigenvalue weighted by atomic mass is 10.4. The minimum Gasteiger partial charge on any atom is -0.287 e. The van der Waals surface area contributed by atoms with E-state index in [-0.39, 0.29) is 0 Å². The molecule has 1 atom stereocenters. The van der Waals surface area contributed by atoms with Crippen LogP contribution < -0.4 is 0 Å². The molecule has 2 nitrogen and oxygen atoms in total. The maximum Gasteiger partial charge on any atom is 0.0596 e. The Bertz CT molecular complexity index is 134. The zero-order chi connectivity index (χ0) is 8.27. The van der Waals surface area contributed by atoms with E-state index in [0.717, 1.165) is 13.1 Å². The molecule has 2 heteroatoms. The number of hydrogen-bond donors (Lipinski definition) is 0. The molecule has 0 aliphatic carbocycles. The molecule has 0 aromatic rings. The van der Waals surface area contributed by atoms with Crippen LogP contribution >= 0.6 is 0 Å². The molecule has 1 rings (SSSR count). The fourth-order valence-electron chi connectivity index (χ4n) is 1.69. The maximum absolute atomic E-state index is 3.75. The van der Waals surface area contributed by atoms with Gasteiger partial charge in [-0.25, -0.2) is 0 Å². The summed E-state index contributed by atoms with van der Waals surface area (Å²) in [5.74, 6) is 0. The van der Waals surface area contributed by atoms with E-state index in [1.54, 1.807) is 0 Å². The normalized spacial score (nSPS) is 27.6. The van der Waals surface area contributed by atoms with Crippen LogP contribution in [-0.2, 0) is 0 Å². The maximum atomic E-state index is 3.75. The van der Waals surface area contributed by atoms with Gasteiger partial charge in [-0.05, 0) is 13.5 Å². The van der Waals surface area contributed by atoms with Gasteiger partial charge in [0.25, 0.3) is 0 Å². The summed E-state index contributed by atoms with van der Waals surface area (Å²) in [4.78, 5) is 4.92. The van der Waals surface area contributed by atoms with Crippen LogP contribution in [0, 0.1) is 0 Å². The molecule has 0 aromatic carbocycles. The average Bonchev–Trinajstić information content (AvgIpc) is 2.34. The smallest absolute Gasteiger partial charge is 0.0596 e. The summed E-state index contributed by atoms with van der Waals surface area (Å²) in [5.41, 5.74) is 0. The summed E-state index contributed by atoms with van der Waals surface area (Å²) < 4.78 is 0. The Morgan fingerprint density at radius 2 is 2.09 bits per heavy atom. The van der Waals surface area contributed by atoms with Crippen molar-refractivity contribution in [2.45, 2.75) is 20.0 Å². The molecule has 0 spiro atoms. The summed E-state index contributed by atoms with van der Waals surface area (Å²) >= 11 is 0. The van der Waals surface area contributed by atoms with Gasteiger partial charge < -0.3 is 0 Å². The van der Waals surface area contributed by atoms with Gasteiger partial charge in [-0.2, -0.15) is 0 Å². The average molecular weight is 154 g/mol. The molecule has 11 heavy (non-hydrogen) atoms. The van der Waals surface area contributed by atoms with Crippen molar-refractivity contribution in [3.8, 4) is 0 Å². The molecule has 0 bridgehead atoms. The summed E-state index contributed by atoms with van der Waals surface area (Å²) in [5, 5.41) is 0. The van der Waals surface area contributed by atoms with Crippen molar-refractivity contribution >= 4 is 0 Å². The van der Waals surface area contributed by atoms with E-state index in [1.807, 2.05) is 6.08 Å². The third-order valence-corrected chi connectivity index (χ3v) is 2.50. The van der Waals surface area contributed by atoms with Crippen LogP contribution in [0.1, 0.15) is 13.8 Å². The first kappa shape index (κ1) is 8.75. The second-order valence-electron chi connectivity index (χ2n) is 3.04. The summed E-state index contributed by atoms with van der Waals surface area (Å²) in [6.45, 7) is 12.8. The van der Waals surface area contributed by atoms with Crippen molar-refractivity contribution in [3.63, 3.8) is 0 Å². The van der Waals surface area contributed by atoms with Gasteiger partial charge in [0.2, 0.25) is 0 Å². The van der Waals surface area contributed by atoms with Crippen LogP contribution in [0.5, 0.6) is 0 Å². The fourth-order valence-corrected chi connectivity index (χ4v) is 1.69. The van der Waals surface area contributed by atoms with Gasteiger partial charge in [-0.1, -0.05) is 13.0 Å². The van der Waals surface area contributed by atoms with Gasteiger partial charge in [0.15, 0.2) is 0 Å². The van der Waals surface area contributed by atoms with Crippen LogP contribution in [0.25, 0.3) is 0 Å². The highest BCUT2D eigenvalue weighted by Crippen LogP contribution is 2.12. The van der Waals surface area contributed by atoms with Crippen molar-refractivity contribution in [1.82, 2.24) is 9.80 Å². The van der Waals surface area contributed by atoms with E-state index in [4.69, 9.17) is 0 Å². The predicted molar refractivity (Wildman–Crippen MR) is 48.5 cm³/mol. The standard InChI is InChI=1S/C9H18N2/c1-4-6-11-8-7-10(5-2)9(11)3/h4,9H,1,5-8H2,2-3H3. The van der Waals surface area contributed by atoms with Crippen LogP contribution in [-0.4, -0.2) is 42.1 Å². The monoisotopic (exact) mass is 154 g/mol. The SMILES string of the molecule is C=CCN1CCN(CC)C1C. The van der Waals surface area contributed by atoms with Crippen molar-refractivity contribution in [2.75, 3.05) is 26.2 Å². The van der Waals surface area contributed by atoms with Crippen molar-refractivity contribution in [1.29, 1.82) is 0 Å². The summed E-state index contributed by atoms with van der Waals surface area (Å²) in [7, 11) is 0. The number of hydrogen-bond acceptors (Lipinski definition) is 2. The highest BCUT2D eigenvalue weighted by Gasteiger charge is 2.25. The number of nitrogens with zero attached hydrogens (tertiary/aromatic N) is 2. The Kier molecular flexibility index (Phi) is 3.09. The minimum atomic E-state index is 0.609. The topological polar surface area (TPSA) is 6.48 Å². The third kappa shape index (κ3) is 1.82. The summed E-state index contributed by atoms with van der Waals surface area (Å²) in [6.07, 6.45) is 2.59. The molecular weight excluding hydrogens is 136 g/mol. The Hall–Kier alpha value is -0.340. The third-order valence-electron chi connectivity index (χ3n) is 2.50. The first-order chi connectivity index (χ1) is 5.29. The van der Waals surface area contributed by atoms with E-state index in [2.05, 4.69) is 30.2 Å². The quantitative estimate of drug-likeness (QED) is 0.563. The predicted octanol–water partition coefficient (Wildman–Crippen LogP) is 1.16. The molecule has 0 amide bonds. The van der Waals surface area contributed by atoms with Gasteiger partial charge in [-0.15, -0.1) is 6.58 Å². The van der Waals surface area contributed by atoms with Crippen LogP contribution in [0.4, 0.5) is 0 Å².